The predicted octanol–water partition coefficient (Wildman–Crippen LogP) is 4.00. The van der Waals surface area contributed by atoms with E-state index in [4.69, 9.17) is 0 Å². The van der Waals surface area contributed by atoms with Crippen LogP contribution in [-0.2, 0) is 11.2 Å². The van der Waals surface area contributed by atoms with E-state index in [2.05, 4.69) is 67.1 Å². The Labute approximate surface area is 177 Å². The van der Waals surface area contributed by atoms with Crippen LogP contribution < -0.4 is 5.43 Å². The monoisotopic (exact) mass is 458 g/mol. The van der Waals surface area contributed by atoms with Crippen molar-refractivity contribution < 1.29 is 4.79 Å². The Balaban J connectivity index is 1.44. The lowest BCUT2D eigenvalue weighted by atomic mass is 9.80. The summed E-state index contributed by atoms with van der Waals surface area (Å²) in [7, 11) is 0. The van der Waals surface area contributed by atoms with Crippen molar-refractivity contribution >= 4 is 39.0 Å². The zero-order valence-corrected chi connectivity index (χ0v) is 18.0. The molecule has 1 saturated heterocycles. The first-order valence-corrected chi connectivity index (χ1v) is 11.6. The number of hydrazone groups is 1. The average molecular weight is 459 g/mol. The lowest BCUT2D eigenvalue weighted by molar-refractivity contribution is -0.155. The van der Waals surface area contributed by atoms with Gasteiger partial charge in [-0.25, -0.2) is 0 Å². The van der Waals surface area contributed by atoms with E-state index >= 15 is 0 Å². The fourth-order valence-electron chi connectivity index (χ4n) is 4.72. The molecule has 0 radical (unpaired) electrons. The van der Waals surface area contributed by atoms with Crippen LogP contribution in [0.15, 0.2) is 51.4 Å². The van der Waals surface area contributed by atoms with Gasteiger partial charge in [0.05, 0.1) is 10.8 Å². The van der Waals surface area contributed by atoms with Crippen molar-refractivity contribution in [3.8, 4) is 0 Å². The number of nitrogens with zero attached hydrogens (tertiary/aromatic N) is 3. The van der Waals surface area contributed by atoms with Crippen molar-refractivity contribution in [2.24, 2.45) is 11.0 Å². The molecule has 3 atom stereocenters. The molecule has 1 aliphatic carbocycles. The number of nitrogens with one attached hydrogen (secondary N) is 1. The van der Waals surface area contributed by atoms with Crippen molar-refractivity contribution in [3.05, 3.63) is 56.7 Å². The normalized spacial score (nSPS) is 26.5. The lowest BCUT2D eigenvalue weighted by Crippen LogP contribution is -2.67. The highest BCUT2D eigenvalue weighted by molar-refractivity contribution is 9.10. The van der Waals surface area contributed by atoms with E-state index in [1.165, 1.54) is 12.0 Å². The molecule has 7 heteroatoms. The number of thiophene rings is 1. The van der Waals surface area contributed by atoms with Gasteiger partial charge in [-0.15, -0.1) is 11.3 Å². The van der Waals surface area contributed by atoms with E-state index in [-0.39, 0.29) is 24.2 Å². The van der Waals surface area contributed by atoms with Gasteiger partial charge in [0.2, 0.25) is 5.91 Å². The number of benzene rings is 1. The van der Waals surface area contributed by atoms with E-state index in [0.717, 1.165) is 40.9 Å². The van der Waals surface area contributed by atoms with Crippen LogP contribution in [0.5, 0.6) is 0 Å². The Morgan fingerprint density at radius 3 is 2.82 bits per heavy atom. The molecule has 3 heterocycles. The van der Waals surface area contributed by atoms with Crippen LogP contribution in [0, 0.1) is 5.92 Å². The van der Waals surface area contributed by atoms with E-state index in [9.17, 15) is 4.79 Å². The van der Waals surface area contributed by atoms with Gasteiger partial charge in [-0.2, -0.15) is 5.10 Å². The molecule has 3 aliphatic rings. The van der Waals surface area contributed by atoms with Crippen molar-refractivity contribution in [1.82, 2.24) is 15.2 Å². The SMILES string of the molecule is O=C1C2CCCCC2N2C(c3cc(Br)cs3)=NNC2N1CCc1ccccc1. The number of amides is 1. The van der Waals surface area contributed by atoms with Gasteiger partial charge >= 0.3 is 0 Å². The van der Waals surface area contributed by atoms with Gasteiger partial charge in [-0.3, -0.25) is 10.2 Å². The number of carbonyl (C=O) groups excluding carboxylic acids is 1. The first-order chi connectivity index (χ1) is 13.7. The fraction of sp³-hybridized carbons (Fsp3) is 0.429. The Kier molecular flexibility index (Phi) is 4.88. The number of carbonyl (C=O) groups is 1. The molecule has 0 spiro atoms. The maximum atomic E-state index is 13.4. The van der Waals surface area contributed by atoms with Gasteiger partial charge in [0.25, 0.3) is 0 Å². The summed E-state index contributed by atoms with van der Waals surface area (Å²) in [5.41, 5.74) is 4.53. The summed E-state index contributed by atoms with van der Waals surface area (Å²) < 4.78 is 1.08. The van der Waals surface area contributed by atoms with Gasteiger partial charge in [0.15, 0.2) is 12.1 Å². The lowest BCUT2D eigenvalue weighted by Gasteiger charge is -2.50. The van der Waals surface area contributed by atoms with Crippen LogP contribution in [-0.4, -0.2) is 40.4 Å². The highest BCUT2D eigenvalue weighted by atomic mass is 79.9. The van der Waals surface area contributed by atoms with Crippen LogP contribution in [0.2, 0.25) is 0 Å². The summed E-state index contributed by atoms with van der Waals surface area (Å²) in [4.78, 5) is 18.9. The second-order valence-corrected chi connectivity index (χ2v) is 9.53. The summed E-state index contributed by atoms with van der Waals surface area (Å²) in [5.74, 6) is 1.35. The maximum absolute atomic E-state index is 13.4. The zero-order chi connectivity index (χ0) is 19.1. The van der Waals surface area contributed by atoms with Crippen LogP contribution in [0.1, 0.15) is 36.1 Å². The number of hydrogen-bond acceptors (Lipinski definition) is 5. The van der Waals surface area contributed by atoms with Crippen LogP contribution in [0.4, 0.5) is 0 Å². The second-order valence-electron chi connectivity index (χ2n) is 7.70. The topological polar surface area (TPSA) is 47.9 Å². The molecule has 28 heavy (non-hydrogen) atoms. The summed E-state index contributed by atoms with van der Waals surface area (Å²) in [6.45, 7) is 0.706. The highest BCUT2D eigenvalue weighted by Crippen LogP contribution is 2.39. The third kappa shape index (κ3) is 3.14. The molecule has 0 bridgehead atoms. The molecule has 1 aromatic heterocycles. The third-order valence-electron chi connectivity index (χ3n) is 6.05. The molecule has 5 nitrogen and oxygen atoms in total. The fourth-order valence-corrected chi connectivity index (χ4v) is 6.14. The highest BCUT2D eigenvalue weighted by Gasteiger charge is 2.51. The summed E-state index contributed by atoms with van der Waals surface area (Å²) in [5, 5.41) is 6.77. The zero-order valence-electron chi connectivity index (χ0n) is 15.6. The van der Waals surface area contributed by atoms with Crippen molar-refractivity contribution in [3.63, 3.8) is 0 Å². The van der Waals surface area contributed by atoms with Gasteiger partial charge in [0.1, 0.15) is 0 Å². The minimum absolute atomic E-state index is 0.0780. The summed E-state index contributed by atoms with van der Waals surface area (Å²) in [6.07, 6.45) is 5.05. The molecule has 2 aromatic rings. The molecule has 1 amide bonds. The molecule has 146 valence electrons. The number of rotatable bonds is 4. The molecule has 1 aromatic carbocycles. The first-order valence-electron chi connectivity index (χ1n) is 9.93. The number of halogens is 1. The minimum atomic E-state index is -0.175. The predicted molar refractivity (Wildman–Crippen MR) is 115 cm³/mol. The van der Waals surface area contributed by atoms with Crippen LogP contribution in [0.25, 0.3) is 0 Å². The molecule has 1 saturated carbocycles. The Bertz CT molecular complexity index is 899. The summed E-state index contributed by atoms with van der Waals surface area (Å²) >= 11 is 5.25. The van der Waals surface area contributed by atoms with Crippen molar-refractivity contribution in [1.29, 1.82) is 0 Å². The molecular formula is C21H23BrN4OS. The number of amidine groups is 1. The van der Waals surface area contributed by atoms with Gasteiger partial charge in [-0.1, -0.05) is 43.2 Å². The van der Waals surface area contributed by atoms with Gasteiger partial charge in [-0.05, 0) is 46.8 Å². The molecule has 2 fully saturated rings. The maximum Gasteiger partial charge on any atom is 0.230 e. The van der Waals surface area contributed by atoms with Crippen LogP contribution in [0.3, 0.4) is 0 Å². The standard InChI is InChI=1S/C21H23BrN4OS/c22-15-12-18(28-13-15)19-23-24-21-25(11-10-14-6-2-1-3-7-14)20(27)16-8-4-5-9-17(16)26(19)21/h1-3,6-7,12-13,16-17,21,24H,4-5,8-11H2. The van der Waals surface area contributed by atoms with Crippen molar-refractivity contribution in [2.45, 2.75) is 44.4 Å². The van der Waals surface area contributed by atoms with E-state index in [0.29, 0.717) is 6.54 Å². The first kappa shape index (κ1) is 18.2. The van der Waals surface area contributed by atoms with Crippen LogP contribution >= 0.6 is 27.3 Å². The smallest absolute Gasteiger partial charge is 0.230 e. The van der Waals surface area contributed by atoms with E-state index < -0.39 is 0 Å². The largest absolute Gasteiger partial charge is 0.311 e. The number of hydrogen-bond donors (Lipinski definition) is 1. The average Bonchev–Trinajstić information content (AvgIpc) is 3.35. The quantitative estimate of drug-likeness (QED) is 0.752. The second kappa shape index (κ2) is 7.52. The molecule has 3 unspecified atom stereocenters. The summed E-state index contributed by atoms with van der Waals surface area (Å²) in [6, 6.07) is 12.8. The minimum Gasteiger partial charge on any atom is -0.311 e. The van der Waals surface area contributed by atoms with Crippen molar-refractivity contribution in [2.75, 3.05) is 6.54 Å². The molecular weight excluding hydrogens is 436 g/mol. The van der Waals surface area contributed by atoms with Gasteiger partial charge < -0.3 is 9.80 Å². The molecule has 2 aliphatic heterocycles. The molecule has 1 N–H and O–H groups in total. The molecule has 5 rings (SSSR count). The Hall–Kier alpha value is -1.86. The van der Waals surface area contributed by atoms with E-state index in [1.54, 1.807) is 11.3 Å². The number of fused-ring (bicyclic) bond motifs is 3. The van der Waals surface area contributed by atoms with Gasteiger partial charge in [0, 0.05) is 22.4 Å². The third-order valence-corrected chi connectivity index (χ3v) is 7.74. The Morgan fingerprint density at radius 2 is 2.04 bits per heavy atom. The Morgan fingerprint density at radius 1 is 1.21 bits per heavy atom. The van der Waals surface area contributed by atoms with E-state index in [1.807, 2.05) is 11.0 Å².